The van der Waals surface area contributed by atoms with Crippen LogP contribution in [0.15, 0.2) is 52.4 Å². The minimum Gasteiger partial charge on any atom is -0.491 e. The van der Waals surface area contributed by atoms with Gasteiger partial charge in [0.1, 0.15) is 24.2 Å². The van der Waals surface area contributed by atoms with Crippen molar-refractivity contribution in [3.63, 3.8) is 0 Å². The number of carbonyl (C=O) groups is 1. The molecule has 8 heteroatoms. The van der Waals surface area contributed by atoms with E-state index in [-0.39, 0.29) is 16.6 Å². The van der Waals surface area contributed by atoms with Crippen molar-refractivity contribution in [3.05, 3.63) is 59.2 Å². The number of hydrogen-bond acceptors (Lipinski definition) is 5. The van der Waals surface area contributed by atoms with Gasteiger partial charge in [0.2, 0.25) is 5.91 Å². The number of nitrogens with zero attached hydrogens (tertiary/aromatic N) is 1. The summed E-state index contributed by atoms with van der Waals surface area (Å²) in [7, 11) is -3.64. The topological polar surface area (TPSA) is 96.9 Å². The molecule has 1 amide bonds. The van der Waals surface area contributed by atoms with Crippen LogP contribution in [0.25, 0.3) is 0 Å². The van der Waals surface area contributed by atoms with Crippen molar-refractivity contribution in [1.29, 1.82) is 0 Å². The van der Waals surface area contributed by atoms with Gasteiger partial charge in [-0.25, -0.2) is 8.42 Å². The minimum absolute atomic E-state index is 0.185. The van der Waals surface area contributed by atoms with E-state index in [0.717, 1.165) is 24.2 Å². The molecule has 1 heterocycles. The quantitative estimate of drug-likeness (QED) is 0.582. The Morgan fingerprint density at radius 1 is 1.19 bits per heavy atom. The summed E-state index contributed by atoms with van der Waals surface area (Å²) >= 11 is 0. The SMILES string of the molecule is CCCCC(N=C1NS(=O)(=O)c2ccccc21)C(=O)NCCOc1ccc(C)cc1C. The summed E-state index contributed by atoms with van der Waals surface area (Å²) in [6, 6.07) is 11.9. The van der Waals surface area contributed by atoms with Crippen LogP contribution in [-0.4, -0.2) is 39.4 Å². The van der Waals surface area contributed by atoms with E-state index >= 15 is 0 Å². The molecule has 2 aromatic rings. The molecule has 31 heavy (non-hydrogen) atoms. The molecule has 7 nitrogen and oxygen atoms in total. The molecule has 166 valence electrons. The van der Waals surface area contributed by atoms with Crippen molar-refractivity contribution >= 4 is 21.8 Å². The molecule has 0 bridgehead atoms. The first-order chi connectivity index (χ1) is 14.8. The van der Waals surface area contributed by atoms with Gasteiger partial charge >= 0.3 is 0 Å². The summed E-state index contributed by atoms with van der Waals surface area (Å²) in [5, 5.41) is 2.86. The van der Waals surface area contributed by atoms with Crippen LogP contribution in [0.1, 0.15) is 42.9 Å². The van der Waals surface area contributed by atoms with Gasteiger partial charge in [-0.15, -0.1) is 0 Å². The zero-order chi connectivity index (χ0) is 22.4. The zero-order valence-electron chi connectivity index (χ0n) is 18.1. The number of aliphatic imine (C=N–C) groups is 1. The number of unbranched alkanes of at least 4 members (excludes halogenated alkanes) is 1. The smallest absolute Gasteiger partial charge is 0.263 e. The van der Waals surface area contributed by atoms with Gasteiger partial charge in [0.05, 0.1) is 11.4 Å². The maximum absolute atomic E-state index is 12.8. The molecule has 1 unspecified atom stereocenters. The average molecular weight is 444 g/mol. The van der Waals surface area contributed by atoms with Crippen LogP contribution in [0, 0.1) is 13.8 Å². The maximum Gasteiger partial charge on any atom is 0.263 e. The Labute approximate surface area is 184 Å². The van der Waals surface area contributed by atoms with E-state index < -0.39 is 16.1 Å². The van der Waals surface area contributed by atoms with Crippen molar-refractivity contribution in [3.8, 4) is 5.75 Å². The second kappa shape index (κ2) is 9.96. The summed E-state index contributed by atoms with van der Waals surface area (Å²) in [4.78, 5) is 17.5. The second-order valence-electron chi connectivity index (χ2n) is 7.65. The van der Waals surface area contributed by atoms with E-state index in [1.807, 2.05) is 39.0 Å². The van der Waals surface area contributed by atoms with Gasteiger partial charge in [-0.3, -0.25) is 14.5 Å². The molecule has 0 aliphatic carbocycles. The van der Waals surface area contributed by atoms with Crippen molar-refractivity contribution in [1.82, 2.24) is 10.0 Å². The minimum atomic E-state index is -3.64. The summed E-state index contributed by atoms with van der Waals surface area (Å²) < 4.78 is 32.9. The van der Waals surface area contributed by atoms with Gasteiger partial charge < -0.3 is 10.1 Å². The number of rotatable bonds is 9. The number of sulfonamides is 1. The number of ether oxygens (including phenoxy) is 1. The van der Waals surface area contributed by atoms with Gasteiger partial charge in [-0.1, -0.05) is 49.6 Å². The molecule has 0 fully saturated rings. The predicted molar refractivity (Wildman–Crippen MR) is 121 cm³/mol. The van der Waals surface area contributed by atoms with Crippen molar-refractivity contribution in [2.45, 2.75) is 51.0 Å². The first-order valence-electron chi connectivity index (χ1n) is 10.5. The molecule has 0 radical (unpaired) electrons. The van der Waals surface area contributed by atoms with Crippen LogP contribution in [0.5, 0.6) is 5.75 Å². The Kier molecular flexibility index (Phi) is 7.33. The van der Waals surface area contributed by atoms with Crippen LogP contribution < -0.4 is 14.8 Å². The van der Waals surface area contributed by atoms with E-state index in [9.17, 15) is 13.2 Å². The molecule has 0 aromatic heterocycles. The molecule has 0 spiro atoms. The van der Waals surface area contributed by atoms with Crippen LogP contribution in [0.4, 0.5) is 0 Å². The average Bonchev–Trinajstić information content (AvgIpc) is 3.00. The third-order valence-corrected chi connectivity index (χ3v) is 6.47. The fourth-order valence-corrected chi connectivity index (χ4v) is 4.69. The third kappa shape index (κ3) is 5.64. The summed E-state index contributed by atoms with van der Waals surface area (Å²) in [5.74, 6) is 0.770. The molecular weight excluding hydrogens is 414 g/mol. The largest absolute Gasteiger partial charge is 0.491 e. The highest BCUT2D eigenvalue weighted by atomic mass is 32.2. The fourth-order valence-electron chi connectivity index (χ4n) is 3.45. The van der Waals surface area contributed by atoms with E-state index in [0.29, 0.717) is 25.1 Å². The molecule has 1 atom stereocenters. The lowest BCUT2D eigenvalue weighted by Crippen LogP contribution is -2.37. The number of amides is 1. The first-order valence-corrected chi connectivity index (χ1v) is 12.0. The lowest BCUT2D eigenvalue weighted by Gasteiger charge is -2.15. The van der Waals surface area contributed by atoms with E-state index in [1.165, 1.54) is 11.6 Å². The highest BCUT2D eigenvalue weighted by molar-refractivity contribution is 7.90. The second-order valence-corrected chi connectivity index (χ2v) is 9.30. The highest BCUT2D eigenvalue weighted by Crippen LogP contribution is 2.23. The van der Waals surface area contributed by atoms with Crippen molar-refractivity contribution in [2.24, 2.45) is 4.99 Å². The van der Waals surface area contributed by atoms with E-state index in [2.05, 4.69) is 15.0 Å². The molecule has 0 saturated heterocycles. The number of benzene rings is 2. The van der Waals surface area contributed by atoms with Gasteiger partial charge in [0.15, 0.2) is 0 Å². The lowest BCUT2D eigenvalue weighted by molar-refractivity contribution is -0.122. The number of amidine groups is 1. The van der Waals surface area contributed by atoms with Crippen molar-refractivity contribution in [2.75, 3.05) is 13.2 Å². The summed E-state index contributed by atoms with van der Waals surface area (Å²) in [6.07, 6.45) is 2.25. The Bertz CT molecular complexity index is 1080. The van der Waals surface area contributed by atoms with Gasteiger partial charge in [0.25, 0.3) is 10.0 Å². The first kappa shape index (κ1) is 22.8. The molecule has 2 N–H and O–H groups in total. The highest BCUT2D eigenvalue weighted by Gasteiger charge is 2.31. The molecule has 1 aliphatic heterocycles. The van der Waals surface area contributed by atoms with Crippen LogP contribution in [-0.2, 0) is 14.8 Å². The lowest BCUT2D eigenvalue weighted by atomic mass is 10.1. The van der Waals surface area contributed by atoms with Crippen molar-refractivity contribution < 1.29 is 17.9 Å². The fraction of sp³-hybridized carbons (Fsp3) is 0.391. The monoisotopic (exact) mass is 443 g/mol. The zero-order valence-corrected chi connectivity index (χ0v) is 19.0. The molecule has 0 saturated carbocycles. The maximum atomic E-state index is 12.8. The number of carbonyl (C=O) groups excluding carboxylic acids is 1. The van der Waals surface area contributed by atoms with Gasteiger partial charge in [-0.2, -0.15) is 0 Å². The molecular formula is C23H29N3O4S. The standard InChI is InChI=1S/C23H29N3O4S/c1-4-5-9-19(25-22-18-8-6-7-10-21(18)31(28,29)26-22)23(27)24-13-14-30-20-12-11-16(2)15-17(20)3/h6-8,10-12,15,19H,4-5,9,13-14H2,1-3H3,(H,24,27)(H,25,26). The van der Waals surface area contributed by atoms with Gasteiger partial charge in [-0.05, 0) is 44.0 Å². The predicted octanol–water partition coefficient (Wildman–Crippen LogP) is 3.10. The summed E-state index contributed by atoms with van der Waals surface area (Å²) in [6.45, 7) is 6.72. The van der Waals surface area contributed by atoms with E-state index in [4.69, 9.17) is 4.74 Å². The third-order valence-electron chi connectivity index (χ3n) is 5.07. The Hall–Kier alpha value is -2.87. The number of aryl methyl sites for hydroxylation is 2. The van der Waals surface area contributed by atoms with Crippen LogP contribution in [0.3, 0.4) is 0 Å². The van der Waals surface area contributed by atoms with E-state index in [1.54, 1.807) is 18.2 Å². The Balaban J connectivity index is 1.65. The van der Waals surface area contributed by atoms with Crippen LogP contribution >= 0.6 is 0 Å². The molecule has 2 aromatic carbocycles. The Morgan fingerprint density at radius 2 is 1.97 bits per heavy atom. The normalized spacial score (nSPS) is 16.4. The number of hydrogen-bond donors (Lipinski definition) is 2. The number of fused-ring (bicyclic) bond motifs is 1. The molecule has 3 rings (SSSR count). The molecule has 1 aliphatic rings. The summed E-state index contributed by atoms with van der Waals surface area (Å²) in [5.41, 5.74) is 2.71. The Morgan fingerprint density at radius 3 is 2.71 bits per heavy atom. The van der Waals surface area contributed by atoms with Gasteiger partial charge in [0, 0.05) is 5.56 Å². The van der Waals surface area contributed by atoms with Crippen LogP contribution in [0.2, 0.25) is 0 Å². The number of nitrogens with one attached hydrogen (secondary N) is 2.